The summed E-state index contributed by atoms with van der Waals surface area (Å²) in [6.45, 7) is 5.32. The van der Waals surface area contributed by atoms with Gasteiger partial charge in [0.15, 0.2) is 5.75 Å². The summed E-state index contributed by atoms with van der Waals surface area (Å²) in [7, 11) is 0. The van der Waals surface area contributed by atoms with Crippen LogP contribution in [-0.2, 0) is 6.54 Å². The third-order valence-corrected chi connectivity index (χ3v) is 2.45. The van der Waals surface area contributed by atoms with Gasteiger partial charge in [-0.15, -0.1) is 0 Å². The third kappa shape index (κ3) is 2.74. The maximum atomic E-state index is 5.80. The van der Waals surface area contributed by atoms with E-state index in [0.29, 0.717) is 29.5 Å². The fourth-order valence-corrected chi connectivity index (χ4v) is 1.57. The van der Waals surface area contributed by atoms with Crippen LogP contribution in [0.4, 0.5) is 5.69 Å². The molecule has 0 unspecified atom stereocenters. The van der Waals surface area contributed by atoms with E-state index in [4.69, 9.17) is 15.2 Å². The number of ether oxygens (including phenoxy) is 2. The van der Waals surface area contributed by atoms with Crippen LogP contribution in [0.5, 0.6) is 17.2 Å². The van der Waals surface area contributed by atoms with Crippen LogP contribution in [0.3, 0.4) is 0 Å². The van der Waals surface area contributed by atoms with Gasteiger partial charge in [0.05, 0.1) is 24.7 Å². The lowest BCUT2D eigenvalue weighted by molar-refractivity contribution is 0.340. The second-order valence-corrected chi connectivity index (χ2v) is 3.77. The van der Waals surface area contributed by atoms with E-state index in [2.05, 4.69) is 5.10 Å². The third-order valence-electron chi connectivity index (χ3n) is 2.45. The number of hydrogen-bond acceptors (Lipinski definition) is 4. The quantitative estimate of drug-likeness (QED) is 0.825. The molecule has 0 bridgehead atoms. The predicted molar refractivity (Wildman–Crippen MR) is 70.0 cm³/mol. The van der Waals surface area contributed by atoms with Crippen molar-refractivity contribution < 1.29 is 9.47 Å². The molecule has 2 rings (SSSR count). The minimum atomic E-state index is 0.571. The van der Waals surface area contributed by atoms with E-state index in [1.807, 2.05) is 20.0 Å². The molecule has 0 aliphatic rings. The Balaban J connectivity index is 2.15. The van der Waals surface area contributed by atoms with Gasteiger partial charge < -0.3 is 15.2 Å². The molecule has 0 radical (unpaired) electrons. The molecule has 0 saturated heterocycles. The Hall–Kier alpha value is -2.17. The average Bonchev–Trinajstić information content (AvgIpc) is 2.81. The van der Waals surface area contributed by atoms with Gasteiger partial charge in [-0.2, -0.15) is 5.10 Å². The largest absolute Gasteiger partial charge is 0.492 e. The molecule has 0 aliphatic carbocycles. The highest BCUT2D eigenvalue weighted by molar-refractivity contribution is 5.56. The highest BCUT2D eigenvalue weighted by Gasteiger charge is 2.05. The molecule has 1 aromatic heterocycles. The lowest BCUT2D eigenvalue weighted by Gasteiger charge is -2.09. The lowest BCUT2D eigenvalue weighted by Crippen LogP contribution is -1.97. The van der Waals surface area contributed by atoms with Crippen molar-refractivity contribution in [2.24, 2.45) is 0 Å². The van der Waals surface area contributed by atoms with Crippen molar-refractivity contribution in [1.29, 1.82) is 0 Å². The summed E-state index contributed by atoms with van der Waals surface area (Å²) in [5.74, 6) is 2.02. The van der Waals surface area contributed by atoms with Gasteiger partial charge in [-0.3, -0.25) is 4.68 Å². The van der Waals surface area contributed by atoms with Crippen LogP contribution in [0, 0.1) is 0 Å². The first-order chi connectivity index (χ1) is 8.72. The SMILES string of the molecule is CCOc1cc(Oc2cnn(CC)c2)ccc1N. The van der Waals surface area contributed by atoms with Crippen LogP contribution >= 0.6 is 0 Å². The van der Waals surface area contributed by atoms with Crippen LogP contribution in [0.1, 0.15) is 13.8 Å². The average molecular weight is 247 g/mol. The van der Waals surface area contributed by atoms with E-state index in [9.17, 15) is 0 Å². The fraction of sp³-hybridized carbons (Fsp3) is 0.308. The highest BCUT2D eigenvalue weighted by atomic mass is 16.5. The molecule has 5 heteroatoms. The van der Waals surface area contributed by atoms with Gasteiger partial charge in [0.1, 0.15) is 11.5 Å². The minimum absolute atomic E-state index is 0.571. The van der Waals surface area contributed by atoms with Crippen molar-refractivity contribution in [2.75, 3.05) is 12.3 Å². The van der Waals surface area contributed by atoms with Gasteiger partial charge >= 0.3 is 0 Å². The zero-order valence-corrected chi connectivity index (χ0v) is 10.6. The summed E-state index contributed by atoms with van der Waals surface area (Å²) in [5.41, 5.74) is 6.40. The summed E-state index contributed by atoms with van der Waals surface area (Å²) >= 11 is 0. The van der Waals surface area contributed by atoms with E-state index >= 15 is 0 Å². The van der Waals surface area contributed by atoms with Crippen molar-refractivity contribution in [1.82, 2.24) is 9.78 Å². The smallest absolute Gasteiger partial charge is 0.165 e. The Kier molecular flexibility index (Phi) is 3.72. The van der Waals surface area contributed by atoms with Gasteiger partial charge in [-0.1, -0.05) is 0 Å². The number of benzene rings is 1. The van der Waals surface area contributed by atoms with Crippen LogP contribution in [-0.4, -0.2) is 16.4 Å². The normalized spacial score (nSPS) is 10.3. The molecule has 1 aromatic carbocycles. The number of aromatic nitrogens is 2. The maximum Gasteiger partial charge on any atom is 0.165 e. The number of hydrogen-bond donors (Lipinski definition) is 1. The van der Waals surface area contributed by atoms with Crippen molar-refractivity contribution in [3.8, 4) is 17.2 Å². The molecular formula is C13H17N3O2. The van der Waals surface area contributed by atoms with Gasteiger partial charge in [-0.25, -0.2) is 0 Å². The molecule has 0 spiro atoms. The molecule has 18 heavy (non-hydrogen) atoms. The van der Waals surface area contributed by atoms with E-state index in [1.165, 1.54) is 0 Å². The summed E-state index contributed by atoms with van der Waals surface area (Å²) in [5, 5.41) is 4.14. The first kappa shape index (κ1) is 12.3. The van der Waals surface area contributed by atoms with Gasteiger partial charge in [-0.05, 0) is 26.0 Å². The number of aryl methyl sites for hydroxylation is 1. The topological polar surface area (TPSA) is 62.3 Å². The Morgan fingerprint density at radius 1 is 1.28 bits per heavy atom. The Morgan fingerprint density at radius 3 is 2.78 bits per heavy atom. The summed E-state index contributed by atoms with van der Waals surface area (Å²) in [6.07, 6.45) is 3.52. The number of nitrogen functional groups attached to an aromatic ring is 1. The maximum absolute atomic E-state index is 5.80. The summed E-state index contributed by atoms with van der Waals surface area (Å²) < 4.78 is 12.9. The first-order valence-electron chi connectivity index (χ1n) is 5.95. The van der Waals surface area contributed by atoms with Gasteiger partial charge in [0.2, 0.25) is 0 Å². The molecule has 0 aliphatic heterocycles. The molecule has 5 nitrogen and oxygen atoms in total. The molecule has 0 atom stereocenters. The zero-order valence-electron chi connectivity index (χ0n) is 10.6. The van der Waals surface area contributed by atoms with E-state index in [-0.39, 0.29) is 0 Å². The van der Waals surface area contributed by atoms with Crippen LogP contribution < -0.4 is 15.2 Å². The summed E-state index contributed by atoms with van der Waals surface area (Å²) in [4.78, 5) is 0. The van der Waals surface area contributed by atoms with E-state index in [0.717, 1.165) is 6.54 Å². The van der Waals surface area contributed by atoms with Crippen molar-refractivity contribution in [2.45, 2.75) is 20.4 Å². The monoisotopic (exact) mass is 247 g/mol. The Labute approximate surface area is 106 Å². The highest BCUT2D eigenvalue weighted by Crippen LogP contribution is 2.29. The second-order valence-electron chi connectivity index (χ2n) is 3.77. The van der Waals surface area contributed by atoms with Crippen LogP contribution in [0.25, 0.3) is 0 Å². The molecule has 0 amide bonds. The zero-order chi connectivity index (χ0) is 13.0. The Morgan fingerprint density at radius 2 is 2.11 bits per heavy atom. The van der Waals surface area contributed by atoms with Crippen LogP contribution in [0.2, 0.25) is 0 Å². The Bertz CT molecular complexity index is 523. The molecule has 0 saturated carbocycles. The number of anilines is 1. The molecule has 1 heterocycles. The molecule has 2 N–H and O–H groups in total. The fourth-order valence-electron chi connectivity index (χ4n) is 1.57. The van der Waals surface area contributed by atoms with E-state index in [1.54, 1.807) is 29.1 Å². The van der Waals surface area contributed by atoms with Crippen molar-refractivity contribution in [3.05, 3.63) is 30.6 Å². The van der Waals surface area contributed by atoms with Crippen LogP contribution in [0.15, 0.2) is 30.6 Å². The van der Waals surface area contributed by atoms with Crippen molar-refractivity contribution in [3.63, 3.8) is 0 Å². The lowest BCUT2D eigenvalue weighted by atomic mass is 10.3. The summed E-state index contributed by atoms with van der Waals surface area (Å²) in [6, 6.07) is 5.35. The molecule has 96 valence electrons. The standard InChI is InChI=1S/C13H17N3O2/c1-3-16-9-11(8-15-16)18-10-5-6-12(14)13(7-10)17-4-2/h5-9H,3-4,14H2,1-2H3. The number of nitrogens with two attached hydrogens (primary N) is 1. The first-order valence-corrected chi connectivity index (χ1v) is 5.95. The van der Waals surface area contributed by atoms with Crippen molar-refractivity contribution >= 4 is 5.69 Å². The molecular weight excluding hydrogens is 230 g/mol. The minimum Gasteiger partial charge on any atom is -0.492 e. The molecule has 0 fully saturated rings. The second kappa shape index (κ2) is 5.44. The van der Waals surface area contributed by atoms with Gasteiger partial charge in [0, 0.05) is 12.6 Å². The number of rotatable bonds is 5. The molecule has 2 aromatic rings. The van der Waals surface area contributed by atoms with Gasteiger partial charge in [0.25, 0.3) is 0 Å². The number of nitrogens with zero attached hydrogens (tertiary/aromatic N) is 2. The predicted octanol–water partition coefficient (Wildman–Crippen LogP) is 2.68. The van der Waals surface area contributed by atoms with E-state index < -0.39 is 0 Å².